The van der Waals surface area contributed by atoms with Crippen LogP contribution in [0.5, 0.6) is 0 Å². The van der Waals surface area contributed by atoms with Gasteiger partial charge in [-0.25, -0.2) is 9.97 Å². The van der Waals surface area contributed by atoms with E-state index in [1.807, 2.05) is 36.0 Å². The van der Waals surface area contributed by atoms with E-state index in [0.29, 0.717) is 0 Å². The largest absolute Gasteiger partial charge is 0.283 e. The van der Waals surface area contributed by atoms with E-state index in [9.17, 15) is 0 Å². The maximum atomic E-state index is 4.28. The first-order valence-corrected chi connectivity index (χ1v) is 5.10. The molecule has 1 aromatic carbocycles. The summed E-state index contributed by atoms with van der Waals surface area (Å²) in [5.74, 6) is 0.738. The normalized spacial score (nSPS) is 10.8. The topological polar surface area (TPSA) is 45.5 Å². The molecule has 3 rings (SSSR count). The predicted molar refractivity (Wildman–Crippen MR) is 60.5 cm³/mol. The quantitative estimate of drug-likeness (QED) is 0.619. The average molecular weight is 211 g/mol. The van der Waals surface area contributed by atoms with Crippen LogP contribution in [0.25, 0.3) is 22.4 Å². The minimum atomic E-state index is 0.738. The van der Waals surface area contributed by atoms with E-state index < -0.39 is 0 Å². The number of para-hydroxylation sites is 1. The van der Waals surface area contributed by atoms with Crippen LogP contribution in [0.4, 0.5) is 0 Å². The van der Waals surface area contributed by atoms with Gasteiger partial charge in [0.15, 0.2) is 7.05 Å². The van der Waals surface area contributed by atoms with Crippen LogP contribution in [-0.4, -0.2) is 15.1 Å². The molecule has 0 saturated heterocycles. The highest BCUT2D eigenvalue weighted by molar-refractivity contribution is 5.88. The fourth-order valence-electron chi connectivity index (χ4n) is 1.90. The number of aryl methyl sites for hydroxylation is 1. The third kappa shape index (κ3) is 1.27. The van der Waals surface area contributed by atoms with Gasteiger partial charge in [-0.05, 0) is 18.2 Å². The zero-order valence-electron chi connectivity index (χ0n) is 8.88. The molecule has 0 unspecified atom stereocenters. The molecule has 4 nitrogen and oxygen atoms in total. The van der Waals surface area contributed by atoms with E-state index >= 15 is 0 Å². The summed E-state index contributed by atoms with van der Waals surface area (Å²) in [5, 5.41) is 4.40. The van der Waals surface area contributed by atoms with Crippen LogP contribution in [0.1, 0.15) is 0 Å². The van der Waals surface area contributed by atoms with Crippen LogP contribution < -0.4 is 4.68 Å². The monoisotopic (exact) mass is 211 g/mol. The van der Waals surface area contributed by atoms with Gasteiger partial charge in [-0.2, -0.15) is 5.10 Å². The van der Waals surface area contributed by atoms with Gasteiger partial charge >= 0.3 is 0 Å². The second-order valence-electron chi connectivity index (χ2n) is 3.64. The van der Waals surface area contributed by atoms with Crippen molar-refractivity contribution in [3.8, 4) is 11.5 Å². The Morgan fingerprint density at radius 2 is 1.81 bits per heavy atom. The molecule has 2 heterocycles. The average Bonchev–Trinajstić information content (AvgIpc) is 2.66. The molecule has 0 aliphatic carbocycles. The Hall–Kier alpha value is -2.23. The summed E-state index contributed by atoms with van der Waals surface area (Å²) in [6.45, 7) is 0. The molecule has 0 aliphatic rings. The number of H-pyrrole nitrogens is 1. The lowest BCUT2D eigenvalue weighted by molar-refractivity contribution is -0.714. The van der Waals surface area contributed by atoms with Crippen LogP contribution in [0.3, 0.4) is 0 Å². The van der Waals surface area contributed by atoms with E-state index in [1.165, 1.54) is 0 Å². The molecule has 0 radical (unpaired) electrons. The number of benzene rings is 1. The Kier molecular flexibility index (Phi) is 1.93. The molecule has 0 fully saturated rings. The second kappa shape index (κ2) is 3.41. The minimum Gasteiger partial charge on any atom is -0.231 e. The molecule has 0 amide bonds. The molecular weight excluding hydrogens is 200 g/mol. The van der Waals surface area contributed by atoms with Crippen molar-refractivity contribution in [1.82, 2.24) is 15.1 Å². The first-order chi connectivity index (χ1) is 7.86. The number of aromatic nitrogens is 4. The second-order valence-corrected chi connectivity index (χ2v) is 3.64. The number of fused-ring (bicyclic) bond motifs is 1. The fraction of sp³-hybridized carbons (Fsp3) is 0.0833. The zero-order valence-corrected chi connectivity index (χ0v) is 8.88. The van der Waals surface area contributed by atoms with Crippen LogP contribution in [0.2, 0.25) is 0 Å². The van der Waals surface area contributed by atoms with Gasteiger partial charge in [0.2, 0.25) is 5.82 Å². The lowest BCUT2D eigenvalue weighted by Gasteiger charge is -1.92. The molecule has 2 aromatic heterocycles. The molecule has 4 heteroatoms. The maximum Gasteiger partial charge on any atom is 0.283 e. The molecular formula is C12H11N4+. The lowest BCUT2D eigenvalue weighted by Crippen LogP contribution is -2.32. The van der Waals surface area contributed by atoms with Crippen LogP contribution >= 0.6 is 0 Å². The molecule has 1 N–H and O–H groups in total. The molecule has 78 valence electrons. The van der Waals surface area contributed by atoms with Gasteiger partial charge in [0.1, 0.15) is 5.52 Å². The summed E-state index contributed by atoms with van der Waals surface area (Å²) >= 11 is 0. The Morgan fingerprint density at radius 1 is 1.06 bits per heavy atom. The molecule has 0 aliphatic heterocycles. The third-order valence-corrected chi connectivity index (χ3v) is 2.58. The minimum absolute atomic E-state index is 0.738. The van der Waals surface area contributed by atoms with Gasteiger partial charge in [0, 0.05) is 12.4 Å². The maximum absolute atomic E-state index is 4.28. The summed E-state index contributed by atoms with van der Waals surface area (Å²) in [4.78, 5) is 8.56. The summed E-state index contributed by atoms with van der Waals surface area (Å²) in [5.41, 5.74) is 2.10. The van der Waals surface area contributed by atoms with Gasteiger partial charge < -0.3 is 0 Å². The highest BCUT2D eigenvalue weighted by atomic mass is 15.3. The van der Waals surface area contributed by atoms with Crippen molar-refractivity contribution in [3.63, 3.8) is 0 Å². The Bertz CT molecular complexity index is 628. The lowest BCUT2D eigenvalue weighted by atomic mass is 10.2. The van der Waals surface area contributed by atoms with Gasteiger partial charge in [0.25, 0.3) is 5.69 Å². The van der Waals surface area contributed by atoms with Crippen molar-refractivity contribution in [2.75, 3.05) is 0 Å². The number of hydrogen-bond acceptors (Lipinski definition) is 2. The van der Waals surface area contributed by atoms with Crippen LogP contribution in [0, 0.1) is 0 Å². The summed E-state index contributed by atoms with van der Waals surface area (Å²) in [6.07, 6.45) is 3.51. The number of nitrogens with zero attached hydrogens (tertiary/aromatic N) is 3. The SMILES string of the molecule is C[n+]1[nH]c2ccccc2c1-c1ncccn1. The van der Waals surface area contributed by atoms with Crippen LogP contribution in [0.15, 0.2) is 42.7 Å². The number of hydrogen-bond donors (Lipinski definition) is 1. The summed E-state index contributed by atoms with van der Waals surface area (Å²) in [7, 11) is 1.96. The first-order valence-electron chi connectivity index (χ1n) is 5.10. The summed E-state index contributed by atoms with van der Waals surface area (Å²) < 4.78 is 1.94. The molecule has 0 spiro atoms. The van der Waals surface area contributed by atoms with Crippen molar-refractivity contribution in [2.24, 2.45) is 7.05 Å². The van der Waals surface area contributed by atoms with E-state index in [2.05, 4.69) is 21.1 Å². The Balaban J connectivity index is 2.35. The van der Waals surface area contributed by atoms with Crippen molar-refractivity contribution >= 4 is 10.9 Å². The number of rotatable bonds is 1. The summed E-state index contributed by atoms with van der Waals surface area (Å²) in [6, 6.07) is 9.95. The van der Waals surface area contributed by atoms with E-state index in [4.69, 9.17) is 0 Å². The van der Waals surface area contributed by atoms with Crippen LogP contribution in [-0.2, 0) is 7.05 Å². The predicted octanol–water partition coefficient (Wildman–Crippen LogP) is 1.45. The van der Waals surface area contributed by atoms with Gasteiger partial charge in [0.05, 0.1) is 5.39 Å². The van der Waals surface area contributed by atoms with Crippen molar-refractivity contribution in [3.05, 3.63) is 42.7 Å². The Labute approximate surface area is 92.6 Å². The highest BCUT2D eigenvalue weighted by Gasteiger charge is 2.19. The van der Waals surface area contributed by atoms with Crippen molar-refractivity contribution in [1.29, 1.82) is 0 Å². The zero-order chi connectivity index (χ0) is 11.0. The van der Waals surface area contributed by atoms with E-state index in [-0.39, 0.29) is 0 Å². The van der Waals surface area contributed by atoms with Crippen molar-refractivity contribution < 1.29 is 4.68 Å². The Morgan fingerprint density at radius 3 is 2.62 bits per heavy atom. The highest BCUT2D eigenvalue weighted by Crippen LogP contribution is 2.20. The van der Waals surface area contributed by atoms with Gasteiger partial charge in [-0.15, -0.1) is 4.68 Å². The standard InChI is InChI=1S/C12H10N4/c1-16-11(12-13-7-4-8-14-12)9-5-2-3-6-10(9)15-16/h2-8H,1H3/p+1. The molecule has 16 heavy (non-hydrogen) atoms. The smallest absolute Gasteiger partial charge is 0.231 e. The third-order valence-electron chi connectivity index (χ3n) is 2.58. The van der Waals surface area contributed by atoms with Crippen molar-refractivity contribution in [2.45, 2.75) is 0 Å². The van der Waals surface area contributed by atoms with Gasteiger partial charge in [-0.3, -0.25) is 0 Å². The number of nitrogens with one attached hydrogen (secondary N) is 1. The molecule has 0 bridgehead atoms. The van der Waals surface area contributed by atoms with Gasteiger partial charge in [-0.1, -0.05) is 12.1 Å². The van der Waals surface area contributed by atoms with E-state index in [0.717, 1.165) is 22.4 Å². The molecule has 3 aromatic rings. The van der Waals surface area contributed by atoms with E-state index in [1.54, 1.807) is 12.4 Å². The number of aromatic amines is 1. The first kappa shape index (κ1) is 9.03. The molecule has 0 atom stereocenters. The molecule has 0 saturated carbocycles. The fourth-order valence-corrected chi connectivity index (χ4v) is 1.90.